The van der Waals surface area contributed by atoms with Crippen molar-refractivity contribution in [2.45, 2.75) is 59.5 Å². The molecule has 1 aromatic heterocycles. The number of piperidine rings is 1. The van der Waals surface area contributed by atoms with Crippen LogP contribution in [0.5, 0.6) is 0 Å². The summed E-state index contributed by atoms with van der Waals surface area (Å²) in [6.07, 6.45) is 4.53. The minimum atomic E-state index is 0.378. The molecule has 3 nitrogen and oxygen atoms in total. The van der Waals surface area contributed by atoms with Gasteiger partial charge in [0.1, 0.15) is 5.82 Å². The molecule has 0 spiro atoms. The Morgan fingerprint density at radius 1 is 1.33 bits per heavy atom. The molecule has 0 bridgehead atoms. The van der Waals surface area contributed by atoms with Crippen LogP contribution in [0.3, 0.4) is 0 Å². The highest BCUT2D eigenvalue weighted by Crippen LogP contribution is 2.30. The van der Waals surface area contributed by atoms with Crippen molar-refractivity contribution in [2.24, 2.45) is 11.8 Å². The first-order valence-corrected chi connectivity index (χ1v) is 8.48. The van der Waals surface area contributed by atoms with Crippen molar-refractivity contribution < 1.29 is 0 Å². The molecule has 3 heteroatoms. The Bertz CT molecular complexity index is 429. The highest BCUT2D eigenvalue weighted by molar-refractivity contribution is 5.41. The van der Waals surface area contributed by atoms with Gasteiger partial charge in [-0.3, -0.25) is 0 Å². The monoisotopic (exact) mass is 289 g/mol. The lowest BCUT2D eigenvalue weighted by atomic mass is 9.86. The lowest BCUT2D eigenvalue weighted by Crippen LogP contribution is -2.46. The van der Waals surface area contributed by atoms with Gasteiger partial charge in [0.05, 0.1) is 0 Å². The van der Waals surface area contributed by atoms with Gasteiger partial charge >= 0.3 is 0 Å². The number of aromatic nitrogens is 1. The molecule has 0 aromatic carbocycles. The maximum absolute atomic E-state index is 4.74. The summed E-state index contributed by atoms with van der Waals surface area (Å²) in [6, 6.07) is 5.38. The smallest absolute Gasteiger partial charge is 0.128 e. The SMILES string of the molecule is CCCNC(C)c1ccc(N2CC(C)CC(C)C2C)nc1. The van der Waals surface area contributed by atoms with E-state index in [1.54, 1.807) is 0 Å². The van der Waals surface area contributed by atoms with Crippen molar-refractivity contribution in [1.29, 1.82) is 0 Å². The second-order valence-electron chi connectivity index (χ2n) is 6.84. The molecule has 2 rings (SSSR count). The lowest BCUT2D eigenvalue weighted by molar-refractivity contribution is 0.295. The van der Waals surface area contributed by atoms with E-state index in [0.717, 1.165) is 37.2 Å². The number of nitrogens with one attached hydrogen (secondary N) is 1. The number of hydrogen-bond acceptors (Lipinski definition) is 3. The van der Waals surface area contributed by atoms with Gasteiger partial charge in [0.15, 0.2) is 0 Å². The van der Waals surface area contributed by atoms with E-state index >= 15 is 0 Å². The van der Waals surface area contributed by atoms with Crippen LogP contribution in [0, 0.1) is 11.8 Å². The Kier molecular flexibility index (Phi) is 5.63. The molecule has 21 heavy (non-hydrogen) atoms. The van der Waals surface area contributed by atoms with Crippen molar-refractivity contribution in [3.63, 3.8) is 0 Å². The van der Waals surface area contributed by atoms with Crippen molar-refractivity contribution >= 4 is 5.82 Å². The van der Waals surface area contributed by atoms with E-state index in [0.29, 0.717) is 12.1 Å². The van der Waals surface area contributed by atoms with E-state index < -0.39 is 0 Å². The van der Waals surface area contributed by atoms with E-state index in [1.165, 1.54) is 12.0 Å². The molecular formula is C18H31N3. The van der Waals surface area contributed by atoms with Gasteiger partial charge in [-0.25, -0.2) is 4.98 Å². The van der Waals surface area contributed by atoms with Crippen LogP contribution in [0.1, 0.15) is 59.1 Å². The summed E-state index contributed by atoms with van der Waals surface area (Å²) < 4.78 is 0. The molecule has 4 atom stereocenters. The van der Waals surface area contributed by atoms with Crippen LogP contribution in [0.15, 0.2) is 18.3 Å². The quantitative estimate of drug-likeness (QED) is 0.887. The van der Waals surface area contributed by atoms with Gasteiger partial charge in [0.25, 0.3) is 0 Å². The summed E-state index contributed by atoms with van der Waals surface area (Å²) in [4.78, 5) is 7.22. The van der Waals surface area contributed by atoms with E-state index in [1.807, 2.05) is 6.20 Å². The van der Waals surface area contributed by atoms with E-state index in [-0.39, 0.29) is 0 Å². The lowest BCUT2D eigenvalue weighted by Gasteiger charge is -2.42. The summed E-state index contributed by atoms with van der Waals surface area (Å²) in [7, 11) is 0. The molecule has 118 valence electrons. The Balaban J connectivity index is 2.07. The van der Waals surface area contributed by atoms with E-state index in [9.17, 15) is 0 Å². The molecule has 1 N–H and O–H groups in total. The fourth-order valence-electron chi connectivity index (χ4n) is 3.32. The minimum absolute atomic E-state index is 0.378. The normalized spacial score (nSPS) is 27.7. The third kappa shape index (κ3) is 3.97. The maximum Gasteiger partial charge on any atom is 0.128 e. The molecule has 0 saturated carbocycles. The van der Waals surface area contributed by atoms with Gasteiger partial charge in [0, 0.05) is 24.8 Å². The number of anilines is 1. The Morgan fingerprint density at radius 3 is 2.71 bits per heavy atom. The highest BCUT2D eigenvalue weighted by atomic mass is 15.2. The molecule has 1 fully saturated rings. The summed E-state index contributed by atoms with van der Waals surface area (Å²) >= 11 is 0. The fourth-order valence-corrected chi connectivity index (χ4v) is 3.32. The van der Waals surface area contributed by atoms with Gasteiger partial charge in [-0.05, 0) is 56.7 Å². The third-order valence-electron chi connectivity index (χ3n) is 4.86. The fraction of sp³-hybridized carbons (Fsp3) is 0.722. The van der Waals surface area contributed by atoms with Crippen molar-refractivity contribution in [3.05, 3.63) is 23.9 Å². The van der Waals surface area contributed by atoms with E-state index in [2.05, 4.69) is 57.0 Å². The first-order chi connectivity index (χ1) is 10.0. The predicted molar refractivity (Wildman–Crippen MR) is 90.7 cm³/mol. The number of hydrogen-bond donors (Lipinski definition) is 1. The minimum Gasteiger partial charge on any atom is -0.353 e. The van der Waals surface area contributed by atoms with Gasteiger partial charge in [0.2, 0.25) is 0 Å². The third-order valence-corrected chi connectivity index (χ3v) is 4.86. The Labute approximate surface area is 130 Å². The van der Waals surface area contributed by atoms with E-state index in [4.69, 9.17) is 4.98 Å². The van der Waals surface area contributed by atoms with Crippen LogP contribution < -0.4 is 10.2 Å². The number of rotatable bonds is 5. The van der Waals surface area contributed by atoms with Crippen molar-refractivity contribution in [1.82, 2.24) is 10.3 Å². The average molecular weight is 289 g/mol. The topological polar surface area (TPSA) is 28.2 Å². The van der Waals surface area contributed by atoms with Gasteiger partial charge in [-0.2, -0.15) is 0 Å². The highest BCUT2D eigenvalue weighted by Gasteiger charge is 2.29. The maximum atomic E-state index is 4.74. The van der Waals surface area contributed by atoms with Crippen LogP contribution in [-0.2, 0) is 0 Å². The average Bonchev–Trinajstić information content (AvgIpc) is 2.48. The molecule has 0 radical (unpaired) electrons. The summed E-state index contributed by atoms with van der Waals surface area (Å²) in [5.41, 5.74) is 1.28. The number of pyridine rings is 1. The molecule has 1 saturated heterocycles. The largest absolute Gasteiger partial charge is 0.353 e. The zero-order valence-electron chi connectivity index (χ0n) is 14.3. The van der Waals surface area contributed by atoms with Crippen molar-refractivity contribution in [2.75, 3.05) is 18.0 Å². The molecule has 0 aliphatic carbocycles. The first-order valence-electron chi connectivity index (χ1n) is 8.48. The predicted octanol–water partition coefficient (Wildman–Crippen LogP) is 4.01. The standard InChI is InChI=1S/C18H31N3/c1-6-9-19-15(4)17-7-8-18(20-11-17)21-12-13(2)10-14(3)16(21)5/h7-8,11,13-16,19H,6,9-10,12H2,1-5H3. The second-order valence-corrected chi connectivity index (χ2v) is 6.84. The van der Waals surface area contributed by atoms with Crippen LogP contribution in [0.25, 0.3) is 0 Å². The molecule has 1 aromatic rings. The van der Waals surface area contributed by atoms with Gasteiger partial charge < -0.3 is 10.2 Å². The Morgan fingerprint density at radius 2 is 2.10 bits per heavy atom. The van der Waals surface area contributed by atoms with Crippen LogP contribution in [0.4, 0.5) is 5.82 Å². The van der Waals surface area contributed by atoms with Gasteiger partial charge in [-0.1, -0.05) is 26.8 Å². The number of nitrogens with zero attached hydrogens (tertiary/aromatic N) is 2. The van der Waals surface area contributed by atoms with Crippen molar-refractivity contribution in [3.8, 4) is 0 Å². The summed E-state index contributed by atoms with van der Waals surface area (Å²) in [6.45, 7) is 13.6. The Hall–Kier alpha value is -1.09. The molecular weight excluding hydrogens is 258 g/mol. The molecule has 1 aliphatic heterocycles. The van der Waals surface area contributed by atoms with Crippen LogP contribution in [-0.4, -0.2) is 24.1 Å². The second kappa shape index (κ2) is 7.26. The zero-order chi connectivity index (χ0) is 15.4. The van der Waals surface area contributed by atoms with Crippen LogP contribution in [0.2, 0.25) is 0 Å². The zero-order valence-corrected chi connectivity index (χ0v) is 14.3. The summed E-state index contributed by atoms with van der Waals surface area (Å²) in [5, 5.41) is 3.52. The van der Waals surface area contributed by atoms with Gasteiger partial charge in [-0.15, -0.1) is 0 Å². The van der Waals surface area contributed by atoms with Crippen LogP contribution >= 0.6 is 0 Å². The molecule has 4 unspecified atom stereocenters. The molecule has 0 amide bonds. The first kappa shape index (κ1) is 16.3. The molecule has 1 aliphatic rings. The summed E-state index contributed by atoms with van der Waals surface area (Å²) in [5.74, 6) is 2.62. The molecule has 2 heterocycles.